The Bertz CT molecular complexity index is 461. The van der Waals surface area contributed by atoms with E-state index in [1.54, 1.807) is 12.0 Å². The van der Waals surface area contributed by atoms with Crippen LogP contribution in [0.5, 0.6) is 0 Å². The molecule has 7 nitrogen and oxygen atoms in total. The molecule has 2 unspecified atom stereocenters. The molecule has 0 bridgehead atoms. The molecule has 1 amide bonds. The highest BCUT2D eigenvalue weighted by Crippen LogP contribution is 2.19. The summed E-state index contributed by atoms with van der Waals surface area (Å²) in [6.07, 6.45) is 4.29. The first kappa shape index (κ1) is 23.4. The van der Waals surface area contributed by atoms with Crippen LogP contribution < -0.4 is 5.32 Å². The maximum Gasteiger partial charge on any atom is 0.239 e. The lowest BCUT2D eigenvalue weighted by atomic mass is 10.1. The first-order valence-corrected chi connectivity index (χ1v) is 9.46. The van der Waals surface area contributed by atoms with Gasteiger partial charge in [0.25, 0.3) is 0 Å². The van der Waals surface area contributed by atoms with E-state index in [-0.39, 0.29) is 35.9 Å². The van der Waals surface area contributed by atoms with E-state index >= 15 is 0 Å². The number of nitrogens with zero attached hydrogens (tertiary/aromatic N) is 4. The monoisotopic (exact) mass is 481 g/mol. The molecule has 0 aromatic rings. The molecule has 0 radical (unpaired) electrons. The van der Waals surface area contributed by atoms with E-state index in [0.29, 0.717) is 5.92 Å². The van der Waals surface area contributed by atoms with E-state index in [9.17, 15) is 4.79 Å². The highest BCUT2D eigenvalue weighted by atomic mass is 127. The van der Waals surface area contributed by atoms with E-state index in [1.165, 1.54) is 0 Å². The Balaban J connectivity index is 0.00000338. The van der Waals surface area contributed by atoms with Crippen LogP contribution in [0.2, 0.25) is 0 Å². The molecule has 2 rings (SSSR count). The van der Waals surface area contributed by atoms with Gasteiger partial charge in [0.15, 0.2) is 5.96 Å². The number of rotatable bonds is 7. The number of hydrogen-bond donors (Lipinski definition) is 1. The lowest BCUT2D eigenvalue weighted by molar-refractivity contribution is -0.133. The average molecular weight is 481 g/mol. The average Bonchev–Trinajstić information content (AvgIpc) is 3.24. The molecule has 2 heterocycles. The van der Waals surface area contributed by atoms with Crippen LogP contribution in [0.3, 0.4) is 0 Å². The number of ether oxygens (including phenoxy) is 1. The molecule has 1 N–H and O–H groups in total. The zero-order chi connectivity index (χ0) is 18.2. The fourth-order valence-corrected chi connectivity index (χ4v) is 3.88. The van der Waals surface area contributed by atoms with Gasteiger partial charge in [-0.25, -0.2) is 0 Å². The molecule has 0 saturated carbocycles. The van der Waals surface area contributed by atoms with Gasteiger partial charge in [-0.05, 0) is 32.2 Å². The van der Waals surface area contributed by atoms with E-state index in [0.717, 1.165) is 71.0 Å². The Kier molecular flexibility index (Phi) is 10.8. The number of nitrogens with one attached hydrogen (secondary N) is 1. The third-order valence-electron chi connectivity index (χ3n) is 5.19. The van der Waals surface area contributed by atoms with Gasteiger partial charge in [0, 0.05) is 60.3 Å². The van der Waals surface area contributed by atoms with Crippen molar-refractivity contribution in [1.29, 1.82) is 0 Å². The lowest BCUT2D eigenvalue weighted by Gasteiger charge is -2.26. The Morgan fingerprint density at radius 3 is 2.73 bits per heavy atom. The minimum Gasteiger partial charge on any atom is -0.384 e. The molecule has 26 heavy (non-hydrogen) atoms. The van der Waals surface area contributed by atoms with Crippen molar-refractivity contribution in [3.63, 3.8) is 0 Å². The Hall–Kier alpha value is -0.610. The highest BCUT2D eigenvalue weighted by Gasteiger charge is 2.31. The molecule has 0 aromatic heterocycles. The first-order valence-electron chi connectivity index (χ1n) is 9.46. The number of aliphatic imine (C=N–C) groups is 1. The normalized spacial score (nSPS) is 23.8. The molecular weight excluding hydrogens is 445 g/mol. The summed E-state index contributed by atoms with van der Waals surface area (Å²) in [5.41, 5.74) is 0. The zero-order valence-corrected chi connectivity index (χ0v) is 19.1. The van der Waals surface area contributed by atoms with E-state index in [2.05, 4.69) is 20.1 Å². The predicted octanol–water partition coefficient (Wildman–Crippen LogP) is 1.09. The van der Waals surface area contributed by atoms with E-state index in [4.69, 9.17) is 4.74 Å². The summed E-state index contributed by atoms with van der Waals surface area (Å²) in [7, 11) is 7.30. The number of guanidine groups is 1. The van der Waals surface area contributed by atoms with Gasteiger partial charge in [-0.1, -0.05) is 0 Å². The third-order valence-corrected chi connectivity index (χ3v) is 5.19. The molecule has 2 atom stereocenters. The molecule has 2 aliphatic rings. The van der Waals surface area contributed by atoms with Crippen LogP contribution in [-0.4, -0.2) is 100 Å². The van der Waals surface area contributed by atoms with Gasteiger partial charge in [-0.3, -0.25) is 14.7 Å². The van der Waals surface area contributed by atoms with Gasteiger partial charge >= 0.3 is 0 Å². The van der Waals surface area contributed by atoms with Crippen LogP contribution in [0.25, 0.3) is 0 Å². The number of hydrogen-bond acceptors (Lipinski definition) is 4. The molecule has 8 heteroatoms. The Morgan fingerprint density at radius 1 is 1.31 bits per heavy atom. The van der Waals surface area contributed by atoms with Crippen molar-refractivity contribution in [1.82, 2.24) is 20.0 Å². The number of likely N-dealkylation sites (N-methyl/N-ethyl adjacent to an activating group) is 1. The van der Waals surface area contributed by atoms with Gasteiger partial charge in [-0.15, -0.1) is 24.0 Å². The summed E-state index contributed by atoms with van der Waals surface area (Å²) in [6, 6.07) is 0.0719. The number of halogens is 1. The second kappa shape index (κ2) is 12.0. The van der Waals surface area contributed by atoms with Gasteiger partial charge < -0.3 is 19.9 Å². The molecule has 2 fully saturated rings. The third kappa shape index (κ3) is 6.53. The number of carbonyl (C=O) groups is 1. The summed E-state index contributed by atoms with van der Waals surface area (Å²) >= 11 is 0. The van der Waals surface area contributed by atoms with E-state index < -0.39 is 0 Å². The van der Waals surface area contributed by atoms with Crippen LogP contribution in [0.4, 0.5) is 0 Å². The number of likely N-dealkylation sites (tertiary alicyclic amines) is 2. The zero-order valence-electron chi connectivity index (χ0n) is 16.7. The van der Waals surface area contributed by atoms with Crippen molar-refractivity contribution in [2.45, 2.75) is 31.7 Å². The number of methoxy groups -OCH3 is 1. The molecule has 152 valence electrons. The number of amides is 1. The Morgan fingerprint density at radius 2 is 2.08 bits per heavy atom. The van der Waals surface area contributed by atoms with Crippen molar-refractivity contribution >= 4 is 35.8 Å². The summed E-state index contributed by atoms with van der Waals surface area (Å²) in [5.74, 6) is 1.83. The summed E-state index contributed by atoms with van der Waals surface area (Å²) < 4.78 is 5.27. The maximum absolute atomic E-state index is 12.2. The quantitative estimate of drug-likeness (QED) is 0.256. The van der Waals surface area contributed by atoms with Crippen molar-refractivity contribution in [2.75, 3.05) is 67.6 Å². The minimum atomic E-state index is 0. The maximum atomic E-state index is 12.2. The fourth-order valence-electron chi connectivity index (χ4n) is 3.88. The van der Waals surface area contributed by atoms with Gasteiger partial charge in [0.1, 0.15) is 0 Å². The topological polar surface area (TPSA) is 60.4 Å². The van der Waals surface area contributed by atoms with Crippen LogP contribution in [-0.2, 0) is 9.53 Å². The van der Waals surface area contributed by atoms with Crippen molar-refractivity contribution in [3.8, 4) is 0 Å². The molecular formula is C18H36IN5O2. The number of carbonyl (C=O) groups excluding carboxylic acids is 1. The highest BCUT2D eigenvalue weighted by molar-refractivity contribution is 14.0. The minimum absolute atomic E-state index is 0. The Labute approximate surface area is 175 Å². The van der Waals surface area contributed by atoms with E-state index in [1.807, 2.05) is 21.1 Å². The first-order chi connectivity index (χ1) is 12.1. The smallest absolute Gasteiger partial charge is 0.239 e. The molecule has 0 spiro atoms. The summed E-state index contributed by atoms with van der Waals surface area (Å²) in [6.45, 7) is 5.75. The fraction of sp³-hybridized carbons (Fsp3) is 0.889. The molecule has 2 saturated heterocycles. The van der Waals surface area contributed by atoms with Crippen LogP contribution in [0, 0.1) is 5.92 Å². The second-order valence-electron chi connectivity index (χ2n) is 7.31. The van der Waals surface area contributed by atoms with Crippen LogP contribution in [0.1, 0.15) is 25.7 Å². The largest absolute Gasteiger partial charge is 0.384 e. The van der Waals surface area contributed by atoms with Crippen molar-refractivity contribution in [3.05, 3.63) is 0 Å². The second-order valence-corrected chi connectivity index (χ2v) is 7.31. The van der Waals surface area contributed by atoms with Gasteiger partial charge in [0.2, 0.25) is 5.91 Å². The SMILES string of the molecule is CN=C(NCCCN1CCCC1C(=O)N(C)C)N1CCC(COC)C1.I. The van der Waals surface area contributed by atoms with Crippen molar-refractivity contribution < 1.29 is 9.53 Å². The van der Waals surface area contributed by atoms with Gasteiger partial charge in [0.05, 0.1) is 12.6 Å². The van der Waals surface area contributed by atoms with Crippen LogP contribution in [0.15, 0.2) is 4.99 Å². The molecule has 0 aromatic carbocycles. The molecule has 2 aliphatic heterocycles. The van der Waals surface area contributed by atoms with Crippen molar-refractivity contribution in [2.24, 2.45) is 10.9 Å². The summed E-state index contributed by atoms with van der Waals surface area (Å²) in [4.78, 5) is 23.0. The molecule has 0 aliphatic carbocycles. The lowest BCUT2D eigenvalue weighted by Crippen LogP contribution is -2.44. The van der Waals surface area contributed by atoms with Crippen LogP contribution >= 0.6 is 24.0 Å². The predicted molar refractivity (Wildman–Crippen MR) is 116 cm³/mol. The summed E-state index contributed by atoms with van der Waals surface area (Å²) in [5, 5.41) is 3.48. The van der Waals surface area contributed by atoms with Gasteiger partial charge in [-0.2, -0.15) is 0 Å². The standard InChI is InChI=1S/C18H35N5O2.HI/c1-19-18(23-12-8-15(13-23)14-25-4)20-9-6-11-22-10-5-7-16(22)17(24)21(2)3;/h15-16H,5-14H2,1-4H3,(H,19,20);1H.